The van der Waals surface area contributed by atoms with Crippen molar-refractivity contribution in [3.63, 3.8) is 0 Å². The third kappa shape index (κ3) is 3.75. The molecule has 4 rings (SSSR count). The molecule has 2 aromatic heterocycles. The minimum atomic E-state index is -0.524. The lowest BCUT2D eigenvalue weighted by Crippen LogP contribution is -2.15. The number of aromatic nitrogens is 1. The summed E-state index contributed by atoms with van der Waals surface area (Å²) in [6.07, 6.45) is 1.42. The molecule has 4 aromatic rings. The maximum Gasteiger partial charge on any atom is 0.348 e. The number of rotatable bonds is 5. The number of hydrogen-bond acceptors (Lipinski definition) is 6. The van der Waals surface area contributed by atoms with E-state index in [1.54, 1.807) is 31.2 Å². The molecule has 0 aliphatic heterocycles. The first-order chi connectivity index (χ1) is 14.0. The van der Waals surface area contributed by atoms with Gasteiger partial charge >= 0.3 is 5.63 Å². The van der Waals surface area contributed by atoms with Gasteiger partial charge in [0, 0.05) is 5.69 Å². The van der Waals surface area contributed by atoms with Crippen LogP contribution in [0, 0.1) is 6.92 Å². The molecule has 2 N–H and O–H groups in total. The number of nitrogens with zero attached hydrogens (tertiary/aromatic N) is 1. The Morgan fingerprint density at radius 1 is 1.07 bits per heavy atom. The van der Waals surface area contributed by atoms with Crippen molar-refractivity contribution in [2.75, 3.05) is 10.6 Å². The first-order valence-electron chi connectivity index (χ1n) is 9.13. The smallest absolute Gasteiger partial charge is 0.348 e. The summed E-state index contributed by atoms with van der Waals surface area (Å²) in [5.74, 6) is -0.214. The summed E-state index contributed by atoms with van der Waals surface area (Å²) in [7, 11) is 0. The fraction of sp³-hybridized carbons (Fsp3) is 0.136. The number of furan rings is 1. The van der Waals surface area contributed by atoms with E-state index in [0.29, 0.717) is 22.2 Å². The molecular formula is C22H19N3O4. The normalized spacial score (nSPS) is 11.9. The number of carbonyl (C=O) groups excluding carboxylic acids is 1. The second kappa shape index (κ2) is 7.63. The number of anilines is 2. The summed E-state index contributed by atoms with van der Waals surface area (Å²) in [4.78, 5) is 29.3. The van der Waals surface area contributed by atoms with Crippen LogP contribution >= 0.6 is 0 Å². The first-order valence-corrected chi connectivity index (χ1v) is 9.13. The van der Waals surface area contributed by atoms with Crippen molar-refractivity contribution < 1.29 is 13.6 Å². The Morgan fingerprint density at radius 2 is 1.86 bits per heavy atom. The van der Waals surface area contributed by atoms with Gasteiger partial charge in [-0.2, -0.15) is 4.98 Å². The number of benzene rings is 2. The van der Waals surface area contributed by atoms with Crippen molar-refractivity contribution in [2.45, 2.75) is 19.9 Å². The van der Waals surface area contributed by atoms with Gasteiger partial charge in [-0.05, 0) is 49.2 Å². The molecular weight excluding hydrogens is 370 g/mol. The third-order valence-electron chi connectivity index (χ3n) is 4.69. The molecule has 2 heterocycles. The molecule has 0 unspecified atom stereocenters. The van der Waals surface area contributed by atoms with Gasteiger partial charge in [-0.15, -0.1) is 0 Å². The lowest BCUT2D eigenvalue weighted by atomic mass is 10.1. The molecule has 0 saturated carbocycles. The van der Waals surface area contributed by atoms with Crippen molar-refractivity contribution in [3.05, 3.63) is 88.2 Å². The standard InChI is InChI=1S/C22H19N3O4/c1-13-16(24-20(26)18-9-6-12-28-18)10-11-17-19(13)21(27)29-22(25-17)23-14(2)15-7-4-3-5-8-15/h3-12,14H,1-2H3,(H,23,25)(H,24,26)/t14-/m0/s1. The predicted octanol–water partition coefficient (Wildman–Crippen LogP) is 4.51. The summed E-state index contributed by atoms with van der Waals surface area (Å²) in [6, 6.07) is 16.4. The number of fused-ring (bicyclic) bond motifs is 1. The maximum absolute atomic E-state index is 12.6. The van der Waals surface area contributed by atoms with Crippen LogP contribution in [0.3, 0.4) is 0 Å². The molecule has 0 fully saturated rings. The first kappa shape index (κ1) is 18.5. The third-order valence-corrected chi connectivity index (χ3v) is 4.69. The number of hydrogen-bond donors (Lipinski definition) is 2. The van der Waals surface area contributed by atoms with Gasteiger partial charge in [0.1, 0.15) is 0 Å². The summed E-state index contributed by atoms with van der Waals surface area (Å²) in [5, 5.41) is 6.18. The largest absolute Gasteiger partial charge is 0.459 e. The minimum absolute atomic E-state index is 0.0859. The molecule has 7 nitrogen and oxygen atoms in total. The van der Waals surface area contributed by atoms with E-state index in [9.17, 15) is 9.59 Å². The van der Waals surface area contributed by atoms with Gasteiger partial charge in [-0.3, -0.25) is 4.79 Å². The number of aryl methyl sites for hydroxylation is 1. The summed E-state index contributed by atoms with van der Waals surface area (Å²) >= 11 is 0. The Kier molecular flexibility index (Phi) is 4.87. The summed E-state index contributed by atoms with van der Waals surface area (Å²) < 4.78 is 10.5. The number of amides is 1. The Balaban J connectivity index is 1.63. The van der Waals surface area contributed by atoms with Crippen LogP contribution in [0.15, 0.2) is 74.5 Å². The van der Waals surface area contributed by atoms with Gasteiger partial charge in [-0.25, -0.2) is 4.79 Å². The van der Waals surface area contributed by atoms with Gasteiger partial charge in [-0.1, -0.05) is 30.3 Å². The monoisotopic (exact) mass is 389 g/mol. The molecule has 2 aromatic carbocycles. The Labute approximate surface area is 166 Å². The molecule has 29 heavy (non-hydrogen) atoms. The highest BCUT2D eigenvalue weighted by Gasteiger charge is 2.16. The lowest BCUT2D eigenvalue weighted by molar-refractivity contribution is 0.0996. The minimum Gasteiger partial charge on any atom is -0.459 e. The van der Waals surface area contributed by atoms with Crippen molar-refractivity contribution in [2.24, 2.45) is 0 Å². The Morgan fingerprint density at radius 3 is 2.59 bits per heavy atom. The van der Waals surface area contributed by atoms with E-state index in [1.807, 2.05) is 37.3 Å². The van der Waals surface area contributed by atoms with Crippen molar-refractivity contribution in [1.82, 2.24) is 4.98 Å². The van der Waals surface area contributed by atoms with Crippen LogP contribution in [0.25, 0.3) is 10.9 Å². The van der Waals surface area contributed by atoms with Crippen molar-refractivity contribution >= 4 is 28.5 Å². The second-order valence-corrected chi connectivity index (χ2v) is 6.65. The average molecular weight is 389 g/mol. The molecule has 0 saturated heterocycles. The zero-order valence-electron chi connectivity index (χ0n) is 15.9. The lowest BCUT2D eigenvalue weighted by Gasteiger charge is -2.14. The van der Waals surface area contributed by atoms with Gasteiger partial charge in [0.05, 0.1) is 23.2 Å². The van der Waals surface area contributed by atoms with E-state index < -0.39 is 11.5 Å². The Hall–Kier alpha value is -3.87. The molecule has 0 aliphatic rings. The predicted molar refractivity (Wildman–Crippen MR) is 110 cm³/mol. The summed E-state index contributed by atoms with van der Waals surface area (Å²) in [5.41, 5.74) is 2.07. The van der Waals surface area contributed by atoms with E-state index in [1.165, 1.54) is 6.26 Å². The zero-order valence-corrected chi connectivity index (χ0v) is 15.9. The van der Waals surface area contributed by atoms with Crippen molar-refractivity contribution in [3.8, 4) is 0 Å². The Bertz CT molecular complexity index is 1210. The van der Waals surface area contributed by atoms with E-state index in [2.05, 4.69) is 15.6 Å². The van der Waals surface area contributed by atoms with Crippen LogP contribution in [-0.4, -0.2) is 10.9 Å². The van der Waals surface area contributed by atoms with Gasteiger partial charge in [0.25, 0.3) is 11.9 Å². The summed E-state index contributed by atoms with van der Waals surface area (Å²) in [6.45, 7) is 3.69. The van der Waals surface area contributed by atoms with E-state index in [0.717, 1.165) is 5.56 Å². The highest BCUT2D eigenvalue weighted by Crippen LogP contribution is 2.25. The van der Waals surface area contributed by atoms with Crippen LogP contribution in [0.2, 0.25) is 0 Å². The average Bonchev–Trinajstić information content (AvgIpc) is 3.25. The van der Waals surface area contributed by atoms with Gasteiger partial charge in [0.15, 0.2) is 5.76 Å². The van der Waals surface area contributed by atoms with Crippen LogP contribution in [0.1, 0.15) is 34.6 Å². The van der Waals surface area contributed by atoms with Crippen LogP contribution < -0.4 is 16.3 Å². The van der Waals surface area contributed by atoms with E-state index >= 15 is 0 Å². The highest BCUT2D eigenvalue weighted by atomic mass is 16.4. The van der Waals surface area contributed by atoms with Gasteiger partial charge < -0.3 is 19.5 Å². The maximum atomic E-state index is 12.6. The molecule has 0 bridgehead atoms. The van der Waals surface area contributed by atoms with Gasteiger partial charge in [0.2, 0.25) is 0 Å². The van der Waals surface area contributed by atoms with Crippen LogP contribution in [0.5, 0.6) is 0 Å². The fourth-order valence-electron chi connectivity index (χ4n) is 3.12. The SMILES string of the molecule is Cc1c(NC(=O)c2ccco2)ccc2nc(N[C@@H](C)c3ccccc3)oc(=O)c12. The molecule has 1 amide bonds. The highest BCUT2D eigenvalue weighted by molar-refractivity contribution is 6.04. The number of carbonyl (C=O) groups is 1. The van der Waals surface area contributed by atoms with Crippen LogP contribution in [-0.2, 0) is 0 Å². The quantitative estimate of drug-likeness (QED) is 0.521. The molecule has 0 aliphatic carbocycles. The topological polar surface area (TPSA) is 97.4 Å². The second-order valence-electron chi connectivity index (χ2n) is 6.65. The van der Waals surface area contributed by atoms with Crippen LogP contribution in [0.4, 0.5) is 11.7 Å². The molecule has 0 radical (unpaired) electrons. The molecule has 1 atom stereocenters. The molecule has 7 heteroatoms. The molecule has 0 spiro atoms. The van der Waals surface area contributed by atoms with Crippen molar-refractivity contribution in [1.29, 1.82) is 0 Å². The molecule has 146 valence electrons. The zero-order chi connectivity index (χ0) is 20.4. The number of nitrogens with one attached hydrogen (secondary N) is 2. The van der Waals surface area contributed by atoms with E-state index in [4.69, 9.17) is 8.83 Å². The fourth-order valence-corrected chi connectivity index (χ4v) is 3.12. The van der Waals surface area contributed by atoms with E-state index in [-0.39, 0.29) is 17.8 Å².